The standard InChI is InChI=1S/C8H6ClNO.ClH/c9-3-7-5-10-4-6-1-2-11-8(6)7;/h1-2,4-5H,3H2;1H. The van der Waals surface area contributed by atoms with E-state index in [1.54, 1.807) is 18.7 Å². The lowest BCUT2D eigenvalue weighted by atomic mass is 10.2. The van der Waals surface area contributed by atoms with Crippen LogP contribution in [0.2, 0.25) is 0 Å². The monoisotopic (exact) mass is 203 g/mol. The summed E-state index contributed by atoms with van der Waals surface area (Å²) in [5.41, 5.74) is 1.78. The summed E-state index contributed by atoms with van der Waals surface area (Å²) in [7, 11) is 0. The summed E-state index contributed by atoms with van der Waals surface area (Å²) < 4.78 is 5.22. The summed E-state index contributed by atoms with van der Waals surface area (Å²) in [5.74, 6) is 0.442. The van der Waals surface area contributed by atoms with Gasteiger partial charge in [0.05, 0.1) is 12.1 Å². The fraction of sp³-hybridized carbons (Fsp3) is 0.125. The molecule has 0 fully saturated rings. The average molecular weight is 204 g/mol. The number of halogens is 2. The highest BCUT2D eigenvalue weighted by molar-refractivity contribution is 6.17. The number of nitrogens with zero attached hydrogens (tertiary/aromatic N) is 1. The van der Waals surface area contributed by atoms with Gasteiger partial charge in [0.15, 0.2) is 0 Å². The van der Waals surface area contributed by atoms with Crippen LogP contribution in [-0.4, -0.2) is 4.98 Å². The minimum atomic E-state index is 0. The first-order valence-electron chi connectivity index (χ1n) is 3.28. The topological polar surface area (TPSA) is 26.0 Å². The van der Waals surface area contributed by atoms with E-state index in [-0.39, 0.29) is 12.4 Å². The molecule has 2 heterocycles. The van der Waals surface area contributed by atoms with Crippen molar-refractivity contribution in [2.24, 2.45) is 0 Å². The molecule has 2 nitrogen and oxygen atoms in total. The summed E-state index contributed by atoms with van der Waals surface area (Å²) in [6.07, 6.45) is 5.12. The van der Waals surface area contributed by atoms with Crippen molar-refractivity contribution in [2.75, 3.05) is 0 Å². The van der Waals surface area contributed by atoms with E-state index in [1.807, 2.05) is 6.07 Å². The lowest BCUT2D eigenvalue weighted by Gasteiger charge is -1.93. The number of rotatable bonds is 1. The quantitative estimate of drug-likeness (QED) is 0.667. The van der Waals surface area contributed by atoms with Crippen LogP contribution < -0.4 is 0 Å². The molecule has 0 bridgehead atoms. The predicted molar refractivity (Wildman–Crippen MR) is 50.8 cm³/mol. The number of fused-ring (bicyclic) bond motifs is 1. The van der Waals surface area contributed by atoms with Crippen LogP contribution in [0.15, 0.2) is 29.1 Å². The highest BCUT2D eigenvalue weighted by atomic mass is 35.5. The van der Waals surface area contributed by atoms with Crippen LogP contribution in [0.3, 0.4) is 0 Å². The number of aromatic nitrogens is 1. The van der Waals surface area contributed by atoms with Gasteiger partial charge in [-0.3, -0.25) is 4.98 Å². The first-order valence-corrected chi connectivity index (χ1v) is 3.81. The van der Waals surface area contributed by atoms with Gasteiger partial charge in [0.2, 0.25) is 0 Å². The van der Waals surface area contributed by atoms with E-state index in [0.29, 0.717) is 5.88 Å². The summed E-state index contributed by atoms with van der Waals surface area (Å²) in [4.78, 5) is 4.01. The first-order chi connectivity index (χ1) is 5.42. The Balaban J connectivity index is 0.000000720. The van der Waals surface area contributed by atoms with E-state index in [1.165, 1.54) is 0 Å². The molecule has 0 saturated carbocycles. The molecular weight excluding hydrogens is 197 g/mol. The van der Waals surface area contributed by atoms with Gasteiger partial charge in [0.1, 0.15) is 5.58 Å². The Morgan fingerprint density at radius 1 is 1.42 bits per heavy atom. The second-order valence-electron chi connectivity index (χ2n) is 2.27. The lowest BCUT2D eigenvalue weighted by Crippen LogP contribution is -1.80. The third kappa shape index (κ3) is 1.40. The largest absolute Gasteiger partial charge is 0.464 e. The van der Waals surface area contributed by atoms with E-state index in [2.05, 4.69) is 4.98 Å². The molecule has 4 heteroatoms. The van der Waals surface area contributed by atoms with Gasteiger partial charge in [0.25, 0.3) is 0 Å². The van der Waals surface area contributed by atoms with Crippen LogP contribution in [-0.2, 0) is 5.88 Å². The van der Waals surface area contributed by atoms with Gasteiger partial charge in [-0.25, -0.2) is 0 Å². The van der Waals surface area contributed by atoms with Crippen LogP contribution in [0.4, 0.5) is 0 Å². The van der Waals surface area contributed by atoms with Crippen molar-refractivity contribution in [3.8, 4) is 0 Å². The van der Waals surface area contributed by atoms with Crippen LogP contribution in [0, 0.1) is 0 Å². The van der Waals surface area contributed by atoms with Crippen molar-refractivity contribution in [1.82, 2.24) is 4.98 Å². The molecular formula is C8H7Cl2NO. The molecule has 2 aromatic heterocycles. The molecule has 64 valence electrons. The van der Waals surface area contributed by atoms with Crippen LogP contribution in [0.25, 0.3) is 11.0 Å². The van der Waals surface area contributed by atoms with Gasteiger partial charge >= 0.3 is 0 Å². The maximum Gasteiger partial charge on any atom is 0.141 e. The fourth-order valence-electron chi connectivity index (χ4n) is 1.04. The van der Waals surface area contributed by atoms with Crippen molar-refractivity contribution >= 4 is 35.0 Å². The van der Waals surface area contributed by atoms with Crippen molar-refractivity contribution in [2.45, 2.75) is 5.88 Å². The molecule has 0 atom stereocenters. The van der Waals surface area contributed by atoms with Gasteiger partial charge in [-0.05, 0) is 6.07 Å². The Morgan fingerprint density at radius 3 is 3.00 bits per heavy atom. The van der Waals surface area contributed by atoms with Crippen LogP contribution in [0.1, 0.15) is 5.56 Å². The Morgan fingerprint density at radius 2 is 2.25 bits per heavy atom. The number of furan rings is 1. The molecule has 12 heavy (non-hydrogen) atoms. The van der Waals surface area contributed by atoms with Crippen molar-refractivity contribution in [1.29, 1.82) is 0 Å². The third-order valence-electron chi connectivity index (χ3n) is 1.58. The van der Waals surface area contributed by atoms with E-state index in [4.69, 9.17) is 16.0 Å². The van der Waals surface area contributed by atoms with Gasteiger partial charge in [-0.2, -0.15) is 0 Å². The SMILES string of the molecule is Cl.ClCc1cncc2ccoc12. The first kappa shape index (κ1) is 9.36. The van der Waals surface area contributed by atoms with Gasteiger partial charge in [-0.1, -0.05) is 0 Å². The molecule has 0 aromatic carbocycles. The maximum atomic E-state index is 5.66. The molecule has 0 saturated heterocycles. The summed E-state index contributed by atoms with van der Waals surface area (Å²) >= 11 is 5.66. The van der Waals surface area contributed by atoms with E-state index >= 15 is 0 Å². The maximum absolute atomic E-state index is 5.66. The van der Waals surface area contributed by atoms with E-state index in [0.717, 1.165) is 16.5 Å². The van der Waals surface area contributed by atoms with Gasteiger partial charge < -0.3 is 4.42 Å². The van der Waals surface area contributed by atoms with Crippen LogP contribution in [0.5, 0.6) is 0 Å². The number of hydrogen-bond acceptors (Lipinski definition) is 2. The Labute approximate surface area is 80.9 Å². The normalized spacial score (nSPS) is 9.75. The molecule has 2 aromatic rings. The Bertz CT molecular complexity index is 372. The number of pyridine rings is 1. The molecule has 0 amide bonds. The average Bonchev–Trinajstić information content (AvgIpc) is 2.50. The number of alkyl halides is 1. The molecule has 0 radical (unpaired) electrons. The molecule has 0 aliphatic carbocycles. The van der Waals surface area contributed by atoms with Crippen molar-refractivity contribution in [3.05, 3.63) is 30.3 Å². The van der Waals surface area contributed by atoms with Crippen molar-refractivity contribution in [3.63, 3.8) is 0 Å². The van der Waals surface area contributed by atoms with E-state index < -0.39 is 0 Å². The minimum absolute atomic E-state index is 0. The fourth-order valence-corrected chi connectivity index (χ4v) is 1.23. The molecule has 0 aliphatic rings. The van der Waals surface area contributed by atoms with Gasteiger partial charge in [-0.15, -0.1) is 24.0 Å². The molecule has 2 rings (SSSR count). The highest BCUT2D eigenvalue weighted by Crippen LogP contribution is 2.19. The minimum Gasteiger partial charge on any atom is -0.464 e. The zero-order valence-corrected chi connectivity index (χ0v) is 7.73. The summed E-state index contributed by atoms with van der Waals surface area (Å²) in [5, 5.41) is 1.00. The molecule has 0 N–H and O–H groups in total. The lowest BCUT2D eigenvalue weighted by molar-refractivity contribution is 0.612. The second kappa shape index (κ2) is 3.78. The molecule has 0 spiro atoms. The second-order valence-corrected chi connectivity index (χ2v) is 2.54. The zero-order chi connectivity index (χ0) is 7.68. The van der Waals surface area contributed by atoms with Gasteiger partial charge in [0, 0.05) is 23.3 Å². The number of hydrogen-bond donors (Lipinski definition) is 0. The Hall–Kier alpha value is -0.730. The third-order valence-corrected chi connectivity index (χ3v) is 1.86. The summed E-state index contributed by atoms with van der Waals surface area (Å²) in [6.45, 7) is 0. The predicted octanol–water partition coefficient (Wildman–Crippen LogP) is 2.99. The van der Waals surface area contributed by atoms with Crippen LogP contribution >= 0.6 is 24.0 Å². The van der Waals surface area contributed by atoms with Crippen molar-refractivity contribution < 1.29 is 4.42 Å². The zero-order valence-electron chi connectivity index (χ0n) is 6.16. The Kier molecular flexibility index (Phi) is 2.95. The highest BCUT2D eigenvalue weighted by Gasteiger charge is 2.01. The smallest absolute Gasteiger partial charge is 0.141 e. The summed E-state index contributed by atoms with van der Waals surface area (Å²) in [6, 6.07) is 1.87. The molecule has 0 unspecified atom stereocenters. The van der Waals surface area contributed by atoms with E-state index in [9.17, 15) is 0 Å². The molecule has 0 aliphatic heterocycles.